The van der Waals surface area contributed by atoms with E-state index in [0.717, 1.165) is 55.0 Å². The van der Waals surface area contributed by atoms with E-state index < -0.39 is 0 Å². The van der Waals surface area contributed by atoms with Gasteiger partial charge in [0, 0.05) is 43.0 Å². The Morgan fingerprint density at radius 2 is 1.84 bits per heavy atom. The summed E-state index contributed by atoms with van der Waals surface area (Å²) < 4.78 is 23.7. The number of fused-ring (bicyclic) bond motifs is 3. The Balaban J connectivity index is 1.55. The van der Waals surface area contributed by atoms with Crippen molar-refractivity contribution in [2.45, 2.75) is 43.7 Å². The van der Waals surface area contributed by atoms with Gasteiger partial charge in [0.25, 0.3) is 0 Å². The van der Waals surface area contributed by atoms with Gasteiger partial charge in [-0.1, -0.05) is 0 Å². The van der Waals surface area contributed by atoms with Crippen LogP contribution >= 0.6 is 0 Å². The summed E-state index contributed by atoms with van der Waals surface area (Å²) in [5.41, 5.74) is 1.62. The number of nitrogens with zero attached hydrogens (tertiary/aromatic N) is 1. The number of methoxy groups -OCH3 is 1. The van der Waals surface area contributed by atoms with E-state index in [1.807, 2.05) is 18.2 Å². The Hall–Kier alpha value is -2.84. The minimum absolute atomic E-state index is 0.0111. The Labute approximate surface area is 186 Å². The zero-order valence-electron chi connectivity index (χ0n) is 18.1. The van der Waals surface area contributed by atoms with Crippen LogP contribution in [0.2, 0.25) is 0 Å². The van der Waals surface area contributed by atoms with Crippen LogP contribution in [0, 0.1) is 5.92 Å². The lowest BCUT2D eigenvalue weighted by molar-refractivity contribution is -0.117. The van der Waals surface area contributed by atoms with E-state index in [-0.39, 0.29) is 35.9 Å². The minimum atomic E-state index is -0.367. The van der Waals surface area contributed by atoms with Gasteiger partial charge in [0.1, 0.15) is 5.75 Å². The molecule has 3 N–H and O–H groups in total. The number of likely N-dealkylation sites (tertiary alicyclic amines) is 1. The summed E-state index contributed by atoms with van der Waals surface area (Å²) in [4.78, 5) is 7.41. The predicted molar refractivity (Wildman–Crippen MR) is 115 cm³/mol. The third-order valence-electron chi connectivity index (χ3n) is 7.55. The molecule has 2 aromatic carbocycles. The first kappa shape index (κ1) is 19.8. The molecular weight excluding hydrogens is 412 g/mol. The molecule has 1 saturated carbocycles. The molecule has 8 heteroatoms. The fourth-order valence-corrected chi connectivity index (χ4v) is 6.24. The van der Waals surface area contributed by atoms with E-state index in [4.69, 9.17) is 29.7 Å². The van der Waals surface area contributed by atoms with Crippen molar-refractivity contribution in [1.29, 1.82) is 0 Å². The van der Waals surface area contributed by atoms with E-state index in [1.165, 1.54) is 12.8 Å². The molecule has 0 radical (unpaired) electrons. The molecule has 3 aliphatic heterocycles. The van der Waals surface area contributed by atoms with Crippen LogP contribution in [0.25, 0.3) is 0 Å². The zero-order valence-corrected chi connectivity index (χ0v) is 18.1. The summed E-state index contributed by atoms with van der Waals surface area (Å²) in [5.74, 6) is 8.35. The van der Waals surface area contributed by atoms with Gasteiger partial charge in [-0.15, -0.1) is 0 Å². The molecule has 2 aromatic rings. The molecule has 0 amide bonds. The molecule has 0 bridgehead atoms. The van der Waals surface area contributed by atoms with E-state index in [2.05, 4.69) is 4.90 Å². The number of ether oxygens (including phenoxy) is 4. The number of aromatic hydroxyl groups is 1. The first-order valence-electron chi connectivity index (χ1n) is 11.3. The number of benzene rings is 2. The van der Waals surface area contributed by atoms with Crippen LogP contribution in [0.4, 0.5) is 0 Å². The van der Waals surface area contributed by atoms with Crippen LogP contribution in [0.5, 0.6) is 34.5 Å². The average Bonchev–Trinajstić information content (AvgIpc) is 3.55. The van der Waals surface area contributed by atoms with Gasteiger partial charge in [-0.05, 0) is 49.4 Å². The Bertz CT molecular complexity index is 1050. The van der Waals surface area contributed by atoms with Gasteiger partial charge in [0.2, 0.25) is 12.5 Å². The van der Waals surface area contributed by atoms with E-state index in [1.54, 1.807) is 13.2 Å². The van der Waals surface area contributed by atoms with Crippen LogP contribution in [0.1, 0.15) is 49.1 Å². The summed E-state index contributed by atoms with van der Waals surface area (Å²) in [5, 5.41) is 10.7. The number of rotatable bonds is 4. The molecule has 6 rings (SSSR count). The molecule has 32 heavy (non-hydrogen) atoms. The minimum Gasteiger partial charge on any atom is -0.504 e. The zero-order chi connectivity index (χ0) is 21.9. The largest absolute Gasteiger partial charge is 0.504 e. The highest BCUT2D eigenvalue weighted by atomic mass is 16.7. The molecule has 1 aliphatic carbocycles. The highest BCUT2D eigenvalue weighted by molar-refractivity contribution is 5.60. The molecule has 3 atom stereocenters. The standard InChI is InChI=1S/C24H28N2O6/c1-28-21-10-14(9-17(27)23(21)32-25)22-15-11-19-20(30-13-29-19)12-18(15)31-24(6-4-5-16(22)24)26-7-2-3-8-26/h9-12,16,22,27H,2-8,13,25H2,1H3. The predicted octanol–water partition coefficient (Wildman–Crippen LogP) is 3.50. The molecule has 8 nitrogen and oxygen atoms in total. The number of phenolic OH excluding ortho intramolecular Hbond substituents is 1. The first-order valence-corrected chi connectivity index (χ1v) is 11.3. The Morgan fingerprint density at radius 1 is 1.06 bits per heavy atom. The molecule has 0 aromatic heterocycles. The topological polar surface area (TPSA) is 95.6 Å². The second kappa shape index (κ2) is 7.35. The Morgan fingerprint density at radius 3 is 2.59 bits per heavy atom. The summed E-state index contributed by atoms with van der Waals surface area (Å²) >= 11 is 0. The highest BCUT2D eigenvalue weighted by Gasteiger charge is 2.57. The molecule has 0 spiro atoms. The maximum Gasteiger partial charge on any atom is 0.231 e. The molecule has 3 heterocycles. The Kier molecular flexibility index (Phi) is 4.55. The van der Waals surface area contributed by atoms with Crippen molar-refractivity contribution in [3.63, 3.8) is 0 Å². The lowest BCUT2D eigenvalue weighted by Gasteiger charge is -2.50. The smallest absolute Gasteiger partial charge is 0.231 e. The lowest BCUT2D eigenvalue weighted by atomic mass is 9.73. The van der Waals surface area contributed by atoms with Gasteiger partial charge in [-0.2, -0.15) is 5.90 Å². The third kappa shape index (κ3) is 2.75. The molecule has 3 unspecified atom stereocenters. The maximum absolute atomic E-state index is 10.7. The van der Waals surface area contributed by atoms with Crippen molar-refractivity contribution < 1.29 is 28.9 Å². The summed E-state index contributed by atoms with van der Waals surface area (Å²) in [6.45, 7) is 2.29. The molecule has 2 fully saturated rings. The lowest BCUT2D eigenvalue weighted by Crippen LogP contribution is -2.58. The van der Waals surface area contributed by atoms with Crippen LogP contribution in [-0.4, -0.2) is 42.7 Å². The van der Waals surface area contributed by atoms with Crippen LogP contribution in [-0.2, 0) is 0 Å². The maximum atomic E-state index is 10.7. The fourth-order valence-electron chi connectivity index (χ4n) is 6.24. The summed E-state index contributed by atoms with van der Waals surface area (Å²) in [6.07, 6.45) is 5.48. The van der Waals surface area contributed by atoms with Gasteiger partial charge in [0.15, 0.2) is 28.7 Å². The summed E-state index contributed by atoms with van der Waals surface area (Å²) in [6, 6.07) is 7.65. The highest BCUT2D eigenvalue weighted by Crippen LogP contribution is 2.59. The number of nitrogens with two attached hydrogens (primary N) is 1. The second-order valence-corrected chi connectivity index (χ2v) is 9.05. The summed E-state index contributed by atoms with van der Waals surface area (Å²) in [7, 11) is 1.54. The number of hydrogen-bond donors (Lipinski definition) is 2. The van der Waals surface area contributed by atoms with Gasteiger partial charge in [-0.3, -0.25) is 4.90 Å². The third-order valence-corrected chi connectivity index (χ3v) is 7.55. The van der Waals surface area contributed by atoms with Crippen LogP contribution in [0.15, 0.2) is 24.3 Å². The molecular formula is C24H28N2O6. The van der Waals surface area contributed by atoms with E-state index in [9.17, 15) is 5.11 Å². The van der Waals surface area contributed by atoms with Gasteiger partial charge in [0.05, 0.1) is 7.11 Å². The SMILES string of the molecule is COc1cc(C2c3cc4c(cc3OC3(N5CCCC5)CCCC23)OCO4)cc(O)c1ON. The number of hydrogen-bond acceptors (Lipinski definition) is 8. The van der Waals surface area contributed by atoms with Crippen molar-refractivity contribution in [3.8, 4) is 34.5 Å². The van der Waals surface area contributed by atoms with Crippen molar-refractivity contribution in [2.75, 3.05) is 27.0 Å². The normalized spacial score (nSPS) is 28.2. The van der Waals surface area contributed by atoms with Crippen molar-refractivity contribution in [1.82, 2.24) is 4.90 Å². The van der Waals surface area contributed by atoms with Crippen LogP contribution < -0.4 is 29.7 Å². The van der Waals surface area contributed by atoms with Crippen molar-refractivity contribution >= 4 is 0 Å². The van der Waals surface area contributed by atoms with Crippen LogP contribution in [0.3, 0.4) is 0 Å². The monoisotopic (exact) mass is 440 g/mol. The quantitative estimate of drug-likeness (QED) is 0.698. The number of phenols is 1. The second-order valence-electron chi connectivity index (χ2n) is 9.05. The molecule has 170 valence electrons. The van der Waals surface area contributed by atoms with E-state index >= 15 is 0 Å². The van der Waals surface area contributed by atoms with Crippen molar-refractivity contribution in [3.05, 3.63) is 35.4 Å². The molecule has 4 aliphatic rings. The average molecular weight is 440 g/mol. The molecule has 1 saturated heterocycles. The fraction of sp³-hybridized carbons (Fsp3) is 0.500. The van der Waals surface area contributed by atoms with E-state index in [0.29, 0.717) is 11.5 Å². The first-order chi connectivity index (χ1) is 15.6. The van der Waals surface area contributed by atoms with Gasteiger partial charge >= 0.3 is 0 Å². The van der Waals surface area contributed by atoms with Crippen molar-refractivity contribution in [2.24, 2.45) is 11.8 Å². The van der Waals surface area contributed by atoms with Gasteiger partial charge < -0.3 is 28.9 Å². The van der Waals surface area contributed by atoms with Gasteiger partial charge in [-0.25, -0.2) is 0 Å².